The normalized spacial score (nSPS) is 13.7. The lowest BCUT2D eigenvalue weighted by atomic mass is 10.1. The molecule has 1 unspecified atom stereocenters. The van der Waals surface area contributed by atoms with Gasteiger partial charge in [0.1, 0.15) is 6.10 Å². The molecule has 0 aliphatic rings. The van der Waals surface area contributed by atoms with Crippen LogP contribution in [0.25, 0.3) is 11.4 Å². The van der Waals surface area contributed by atoms with Gasteiger partial charge in [-0.15, -0.1) is 0 Å². The molecule has 9 heteroatoms. The van der Waals surface area contributed by atoms with Crippen LogP contribution in [0.2, 0.25) is 0 Å². The van der Waals surface area contributed by atoms with Crippen molar-refractivity contribution in [2.75, 3.05) is 0 Å². The maximum absolute atomic E-state index is 12.6. The molecule has 0 aliphatic carbocycles. The first-order valence-corrected chi connectivity index (χ1v) is 5.74. The molecule has 1 N–H and O–H groups in total. The lowest BCUT2D eigenvalue weighted by molar-refractivity contribution is -0.137. The standard InChI is InChI=1S/C12H9F5N2O2/c13-10(14)8(20)5-9-18-11(19-21-9)6-2-1-3-7(4-6)12(15,16)17/h1-4,8,10,20H,5H2. The van der Waals surface area contributed by atoms with Gasteiger partial charge in [-0.3, -0.25) is 0 Å². The fourth-order valence-corrected chi connectivity index (χ4v) is 1.56. The predicted molar refractivity (Wildman–Crippen MR) is 60.5 cm³/mol. The molecule has 0 aliphatic heterocycles. The van der Waals surface area contributed by atoms with Crippen LogP contribution in [0.5, 0.6) is 0 Å². The summed E-state index contributed by atoms with van der Waals surface area (Å²) < 4.78 is 66.7. The lowest BCUT2D eigenvalue weighted by Crippen LogP contribution is -2.20. The third-order valence-electron chi connectivity index (χ3n) is 2.59. The Morgan fingerprint density at radius 3 is 2.57 bits per heavy atom. The fourth-order valence-electron chi connectivity index (χ4n) is 1.56. The second-order valence-electron chi connectivity index (χ2n) is 4.20. The van der Waals surface area contributed by atoms with Crippen LogP contribution < -0.4 is 0 Å². The summed E-state index contributed by atoms with van der Waals surface area (Å²) in [5, 5.41) is 12.4. The Morgan fingerprint density at radius 2 is 1.95 bits per heavy atom. The average Bonchev–Trinajstić information content (AvgIpc) is 2.86. The van der Waals surface area contributed by atoms with Gasteiger partial charge >= 0.3 is 6.18 Å². The number of hydrogen-bond donors (Lipinski definition) is 1. The minimum atomic E-state index is -4.52. The summed E-state index contributed by atoms with van der Waals surface area (Å²) in [6.45, 7) is 0. The van der Waals surface area contributed by atoms with E-state index in [-0.39, 0.29) is 17.3 Å². The smallest absolute Gasteiger partial charge is 0.387 e. The largest absolute Gasteiger partial charge is 0.416 e. The Hall–Kier alpha value is -2.03. The molecular formula is C12H9F5N2O2. The molecule has 2 aromatic rings. The number of benzene rings is 1. The third kappa shape index (κ3) is 3.75. The first-order chi connectivity index (χ1) is 9.77. The Balaban J connectivity index is 2.22. The summed E-state index contributed by atoms with van der Waals surface area (Å²) in [6.07, 6.45) is -10.0. The number of alkyl halides is 5. The second kappa shape index (κ2) is 5.76. The molecule has 1 atom stereocenters. The van der Waals surface area contributed by atoms with Gasteiger partial charge < -0.3 is 9.63 Å². The Bertz CT molecular complexity index is 612. The zero-order valence-electron chi connectivity index (χ0n) is 10.3. The van der Waals surface area contributed by atoms with E-state index >= 15 is 0 Å². The molecule has 0 saturated carbocycles. The van der Waals surface area contributed by atoms with E-state index in [1.54, 1.807) is 0 Å². The highest BCUT2D eigenvalue weighted by molar-refractivity contribution is 5.55. The van der Waals surface area contributed by atoms with Gasteiger partial charge in [0.15, 0.2) is 0 Å². The summed E-state index contributed by atoms with van der Waals surface area (Å²) in [7, 11) is 0. The van der Waals surface area contributed by atoms with E-state index in [0.29, 0.717) is 0 Å². The van der Waals surface area contributed by atoms with Crippen LogP contribution in [0.15, 0.2) is 28.8 Å². The summed E-state index contributed by atoms with van der Waals surface area (Å²) in [5.41, 5.74) is -0.856. The number of hydrogen-bond acceptors (Lipinski definition) is 4. The number of aliphatic hydroxyl groups excluding tert-OH is 1. The number of rotatable bonds is 4. The average molecular weight is 308 g/mol. The quantitative estimate of drug-likeness (QED) is 0.882. The first kappa shape index (κ1) is 15.4. The summed E-state index contributed by atoms with van der Waals surface area (Å²) in [6, 6.07) is 4.19. The maximum Gasteiger partial charge on any atom is 0.416 e. The summed E-state index contributed by atoms with van der Waals surface area (Å²) >= 11 is 0. The molecule has 0 radical (unpaired) electrons. The van der Waals surface area contributed by atoms with E-state index in [1.165, 1.54) is 12.1 Å². The monoisotopic (exact) mass is 308 g/mol. The fraction of sp³-hybridized carbons (Fsp3) is 0.333. The van der Waals surface area contributed by atoms with Gasteiger partial charge in [-0.05, 0) is 12.1 Å². The van der Waals surface area contributed by atoms with E-state index in [0.717, 1.165) is 12.1 Å². The van der Waals surface area contributed by atoms with Gasteiger partial charge in [-0.25, -0.2) is 8.78 Å². The van der Waals surface area contributed by atoms with Crippen LogP contribution in [0.1, 0.15) is 11.5 Å². The molecule has 0 amide bonds. The SMILES string of the molecule is OC(Cc1nc(-c2cccc(C(F)(F)F)c2)no1)C(F)F. The van der Waals surface area contributed by atoms with Gasteiger partial charge in [0.2, 0.25) is 11.7 Å². The Kier molecular flexibility index (Phi) is 4.21. The van der Waals surface area contributed by atoms with Crippen molar-refractivity contribution >= 4 is 0 Å². The van der Waals surface area contributed by atoms with Gasteiger partial charge in [-0.1, -0.05) is 17.3 Å². The first-order valence-electron chi connectivity index (χ1n) is 5.74. The van der Waals surface area contributed by atoms with Gasteiger partial charge in [-0.2, -0.15) is 18.2 Å². The van der Waals surface area contributed by atoms with Crippen LogP contribution in [-0.4, -0.2) is 27.8 Å². The minimum Gasteiger partial charge on any atom is -0.387 e. The summed E-state index contributed by atoms with van der Waals surface area (Å²) in [4.78, 5) is 3.69. The number of halogens is 5. The number of aromatic nitrogens is 2. The van der Waals surface area contributed by atoms with Crippen molar-refractivity contribution in [1.82, 2.24) is 10.1 Å². The van der Waals surface area contributed by atoms with E-state index in [1.807, 2.05) is 0 Å². The van der Waals surface area contributed by atoms with E-state index in [2.05, 4.69) is 14.7 Å². The Labute approximate surface area is 115 Å². The van der Waals surface area contributed by atoms with Crippen molar-refractivity contribution in [3.8, 4) is 11.4 Å². The summed E-state index contributed by atoms with van der Waals surface area (Å²) in [5.74, 6) is -0.451. The minimum absolute atomic E-state index is 0.0337. The van der Waals surface area contributed by atoms with E-state index in [4.69, 9.17) is 5.11 Å². The number of nitrogens with zero attached hydrogens (tertiary/aromatic N) is 2. The number of aliphatic hydroxyl groups is 1. The van der Waals surface area contributed by atoms with Crippen LogP contribution in [0, 0.1) is 0 Å². The predicted octanol–water partition coefficient (Wildman–Crippen LogP) is 2.92. The molecule has 21 heavy (non-hydrogen) atoms. The Morgan fingerprint density at radius 1 is 1.24 bits per heavy atom. The highest BCUT2D eigenvalue weighted by Crippen LogP contribution is 2.31. The molecule has 1 aromatic carbocycles. The molecule has 114 valence electrons. The highest BCUT2D eigenvalue weighted by atomic mass is 19.4. The molecule has 1 heterocycles. The third-order valence-corrected chi connectivity index (χ3v) is 2.59. The van der Waals surface area contributed by atoms with Crippen LogP contribution in [0.3, 0.4) is 0 Å². The van der Waals surface area contributed by atoms with Crippen molar-refractivity contribution in [2.24, 2.45) is 0 Å². The van der Waals surface area contributed by atoms with Crippen LogP contribution in [-0.2, 0) is 12.6 Å². The van der Waals surface area contributed by atoms with Crippen LogP contribution >= 0.6 is 0 Å². The van der Waals surface area contributed by atoms with Crippen molar-refractivity contribution in [3.63, 3.8) is 0 Å². The van der Waals surface area contributed by atoms with Gasteiger partial charge in [0.05, 0.1) is 12.0 Å². The van der Waals surface area contributed by atoms with E-state index < -0.39 is 30.7 Å². The van der Waals surface area contributed by atoms with Gasteiger partial charge in [0, 0.05) is 5.56 Å². The van der Waals surface area contributed by atoms with E-state index in [9.17, 15) is 22.0 Å². The zero-order valence-corrected chi connectivity index (χ0v) is 10.3. The van der Waals surface area contributed by atoms with Crippen molar-refractivity contribution in [3.05, 3.63) is 35.7 Å². The molecule has 4 nitrogen and oxygen atoms in total. The highest BCUT2D eigenvalue weighted by Gasteiger charge is 2.31. The lowest BCUT2D eigenvalue weighted by Gasteiger charge is -2.06. The van der Waals surface area contributed by atoms with Crippen molar-refractivity contribution < 1.29 is 31.6 Å². The second-order valence-corrected chi connectivity index (χ2v) is 4.20. The molecule has 0 fully saturated rings. The molecule has 0 bridgehead atoms. The molecule has 0 saturated heterocycles. The van der Waals surface area contributed by atoms with Crippen molar-refractivity contribution in [2.45, 2.75) is 25.1 Å². The molecule has 1 aromatic heterocycles. The zero-order chi connectivity index (χ0) is 15.6. The van der Waals surface area contributed by atoms with Crippen LogP contribution in [0.4, 0.5) is 22.0 Å². The topological polar surface area (TPSA) is 59.2 Å². The maximum atomic E-state index is 12.6. The molecular weight excluding hydrogens is 299 g/mol. The molecule has 2 rings (SSSR count). The molecule has 0 spiro atoms. The van der Waals surface area contributed by atoms with Crippen molar-refractivity contribution in [1.29, 1.82) is 0 Å². The van der Waals surface area contributed by atoms with Gasteiger partial charge in [0.25, 0.3) is 6.43 Å².